The quantitative estimate of drug-likeness (QED) is 0.881. The number of piperidine rings is 1. The summed E-state index contributed by atoms with van der Waals surface area (Å²) in [6.07, 6.45) is 5.72. The largest absolute Gasteiger partial charge is 0.353 e. The van der Waals surface area contributed by atoms with Gasteiger partial charge in [-0.3, -0.25) is 9.78 Å². The Labute approximate surface area is 153 Å². The van der Waals surface area contributed by atoms with Crippen LogP contribution in [0.4, 0.5) is 0 Å². The zero-order valence-electron chi connectivity index (χ0n) is 15.3. The first kappa shape index (κ1) is 18.0. The number of hydrogen-bond acceptors (Lipinski definition) is 5. The second-order valence-electron chi connectivity index (χ2n) is 8.13. The second-order valence-corrected chi connectivity index (χ2v) is 8.99. The molecule has 0 saturated carbocycles. The van der Waals surface area contributed by atoms with Crippen molar-refractivity contribution in [3.05, 3.63) is 35.6 Å². The summed E-state index contributed by atoms with van der Waals surface area (Å²) >= 11 is 1.55. The van der Waals surface area contributed by atoms with Crippen LogP contribution < -0.4 is 10.6 Å². The predicted molar refractivity (Wildman–Crippen MR) is 102 cm³/mol. The average molecular weight is 359 g/mol. The molecule has 0 spiro atoms. The van der Waals surface area contributed by atoms with Gasteiger partial charge in [-0.2, -0.15) is 0 Å². The summed E-state index contributed by atoms with van der Waals surface area (Å²) in [5, 5.41) is 9.70. The number of hydrogen-bond donors (Lipinski definition) is 2. The third-order valence-electron chi connectivity index (χ3n) is 4.36. The molecule has 2 aromatic rings. The maximum atomic E-state index is 12.5. The maximum Gasteiger partial charge on any atom is 0.226 e. The fraction of sp³-hybridized carbons (Fsp3) is 0.526. The molecule has 3 heterocycles. The summed E-state index contributed by atoms with van der Waals surface area (Å²) < 4.78 is 0. The van der Waals surface area contributed by atoms with Crippen molar-refractivity contribution in [3.63, 3.8) is 0 Å². The summed E-state index contributed by atoms with van der Waals surface area (Å²) in [5.41, 5.74) is 1.84. The Morgan fingerprint density at radius 2 is 2.04 bits per heavy atom. The molecule has 1 saturated heterocycles. The number of pyridine rings is 1. The van der Waals surface area contributed by atoms with Gasteiger partial charge in [-0.1, -0.05) is 0 Å². The minimum Gasteiger partial charge on any atom is -0.353 e. The van der Waals surface area contributed by atoms with Gasteiger partial charge in [0.15, 0.2) is 0 Å². The lowest BCUT2D eigenvalue weighted by atomic mass is 9.79. The lowest BCUT2D eigenvalue weighted by molar-refractivity contribution is -0.121. The number of carbonyl (C=O) groups excluding carboxylic acids is 1. The minimum atomic E-state index is 0.0216. The van der Waals surface area contributed by atoms with E-state index in [0.717, 1.165) is 29.1 Å². The number of rotatable bonds is 4. The number of nitrogens with zero attached hydrogens (tertiary/aromatic N) is 2. The van der Waals surface area contributed by atoms with Crippen molar-refractivity contribution >= 4 is 17.2 Å². The summed E-state index contributed by atoms with van der Waals surface area (Å²) in [5.74, 6) is 0.0431. The number of carbonyl (C=O) groups is 1. The first-order valence-corrected chi connectivity index (χ1v) is 9.54. The smallest absolute Gasteiger partial charge is 0.226 e. The van der Waals surface area contributed by atoms with E-state index in [4.69, 9.17) is 0 Å². The summed E-state index contributed by atoms with van der Waals surface area (Å²) in [4.78, 5) is 21.2. The first-order valence-electron chi connectivity index (χ1n) is 8.66. The lowest BCUT2D eigenvalue weighted by Crippen LogP contribution is -2.62. The van der Waals surface area contributed by atoms with E-state index >= 15 is 0 Å². The standard InChI is InChI=1S/C19H26N4OS/c1-18(2)9-15(10-19(3,4)23-18)21-16(24)8-14-12-25-17(22-14)13-6-5-7-20-11-13/h5-7,11-12,15,23H,8-10H2,1-4H3,(H,21,24). The van der Waals surface area contributed by atoms with E-state index in [1.807, 2.05) is 17.5 Å². The topological polar surface area (TPSA) is 66.9 Å². The normalized spacial score (nSPS) is 19.5. The molecule has 5 nitrogen and oxygen atoms in total. The average Bonchev–Trinajstić information content (AvgIpc) is 2.93. The summed E-state index contributed by atoms with van der Waals surface area (Å²) in [6.45, 7) is 8.75. The van der Waals surface area contributed by atoms with Gasteiger partial charge in [0.05, 0.1) is 12.1 Å². The molecule has 134 valence electrons. The molecule has 0 unspecified atom stereocenters. The highest BCUT2D eigenvalue weighted by atomic mass is 32.1. The third-order valence-corrected chi connectivity index (χ3v) is 5.30. The minimum absolute atomic E-state index is 0.0216. The molecule has 1 aliphatic heterocycles. The molecule has 6 heteroatoms. The number of aromatic nitrogens is 2. The molecule has 1 amide bonds. The molecule has 1 fully saturated rings. The molecule has 25 heavy (non-hydrogen) atoms. The van der Waals surface area contributed by atoms with Gasteiger partial charge in [-0.05, 0) is 52.7 Å². The Hall–Kier alpha value is -1.79. The van der Waals surface area contributed by atoms with E-state index in [0.29, 0.717) is 6.42 Å². The molecular formula is C19H26N4OS. The fourth-order valence-corrected chi connectivity index (χ4v) is 4.69. The molecule has 0 atom stereocenters. The molecule has 0 aliphatic carbocycles. The van der Waals surface area contributed by atoms with Crippen molar-refractivity contribution in [1.82, 2.24) is 20.6 Å². The SMILES string of the molecule is CC1(C)CC(NC(=O)Cc2csc(-c3cccnc3)n2)CC(C)(C)N1. The molecule has 0 radical (unpaired) electrons. The van der Waals surface area contributed by atoms with Crippen LogP contribution in [0.5, 0.6) is 0 Å². The molecular weight excluding hydrogens is 332 g/mol. The van der Waals surface area contributed by atoms with Gasteiger partial charge in [0.25, 0.3) is 0 Å². The molecule has 0 bridgehead atoms. The van der Waals surface area contributed by atoms with Crippen molar-refractivity contribution in [1.29, 1.82) is 0 Å². The van der Waals surface area contributed by atoms with Gasteiger partial charge in [0.1, 0.15) is 5.01 Å². The highest BCUT2D eigenvalue weighted by molar-refractivity contribution is 7.13. The zero-order chi connectivity index (χ0) is 18.1. The van der Waals surface area contributed by atoms with Crippen LogP contribution in [0.2, 0.25) is 0 Å². The van der Waals surface area contributed by atoms with Gasteiger partial charge in [0, 0.05) is 40.5 Å². The highest BCUT2D eigenvalue weighted by Gasteiger charge is 2.38. The van der Waals surface area contributed by atoms with Gasteiger partial charge in [-0.25, -0.2) is 4.98 Å². The van der Waals surface area contributed by atoms with Crippen LogP contribution in [0.3, 0.4) is 0 Å². The Balaban J connectivity index is 1.61. The summed E-state index contributed by atoms with van der Waals surface area (Å²) in [6, 6.07) is 4.06. The van der Waals surface area contributed by atoms with Gasteiger partial charge in [0.2, 0.25) is 5.91 Å². The fourth-order valence-electron chi connectivity index (χ4n) is 3.88. The van der Waals surface area contributed by atoms with Crippen molar-refractivity contribution in [2.75, 3.05) is 0 Å². The van der Waals surface area contributed by atoms with E-state index in [2.05, 4.69) is 48.3 Å². The molecule has 1 aliphatic rings. The van der Waals surface area contributed by atoms with Crippen LogP contribution in [-0.4, -0.2) is 33.0 Å². The van der Waals surface area contributed by atoms with E-state index in [1.165, 1.54) is 0 Å². The maximum absolute atomic E-state index is 12.5. The Morgan fingerprint density at radius 3 is 2.68 bits per heavy atom. The lowest BCUT2D eigenvalue weighted by Gasteiger charge is -2.46. The summed E-state index contributed by atoms with van der Waals surface area (Å²) in [7, 11) is 0. The molecule has 2 N–H and O–H groups in total. The number of nitrogens with one attached hydrogen (secondary N) is 2. The monoisotopic (exact) mass is 358 g/mol. The van der Waals surface area contributed by atoms with Gasteiger partial charge >= 0.3 is 0 Å². The van der Waals surface area contributed by atoms with Crippen LogP contribution >= 0.6 is 11.3 Å². The van der Waals surface area contributed by atoms with Crippen LogP contribution in [0, 0.1) is 0 Å². The number of amides is 1. The van der Waals surface area contributed by atoms with Crippen LogP contribution in [0.1, 0.15) is 46.2 Å². The highest BCUT2D eigenvalue weighted by Crippen LogP contribution is 2.28. The first-order chi connectivity index (χ1) is 11.7. The van der Waals surface area contributed by atoms with Crippen molar-refractivity contribution < 1.29 is 4.79 Å². The predicted octanol–water partition coefficient (Wildman–Crippen LogP) is 3.17. The Morgan fingerprint density at radius 1 is 1.32 bits per heavy atom. The van der Waals surface area contributed by atoms with E-state index < -0.39 is 0 Å². The van der Waals surface area contributed by atoms with Crippen LogP contribution in [-0.2, 0) is 11.2 Å². The van der Waals surface area contributed by atoms with Crippen LogP contribution in [0.15, 0.2) is 29.9 Å². The second kappa shape index (κ2) is 6.84. The van der Waals surface area contributed by atoms with E-state index in [1.54, 1.807) is 23.7 Å². The zero-order valence-corrected chi connectivity index (χ0v) is 16.1. The van der Waals surface area contributed by atoms with Crippen molar-refractivity contribution in [2.45, 2.75) is 64.1 Å². The van der Waals surface area contributed by atoms with Crippen molar-refractivity contribution in [3.8, 4) is 10.6 Å². The molecule has 0 aromatic carbocycles. The molecule has 2 aromatic heterocycles. The Kier molecular flexibility index (Phi) is 4.93. The van der Waals surface area contributed by atoms with Crippen LogP contribution in [0.25, 0.3) is 10.6 Å². The van der Waals surface area contributed by atoms with Gasteiger partial charge < -0.3 is 10.6 Å². The Bertz CT molecular complexity index is 723. The van der Waals surface area contributed by atoms with E-state index in [9.17, 15) is 4.79 Å². The van der Waals surface area contributed by atoms with Crippen molar-refractivity contribution in [2.24, 2.45) is 0 Å². The number of thiazole rings is 1. The van der Waals surface area contributed by atoms with E-state index in [-0.39, 0.29) is 23.0 Å². The molecule has 3 rings (SSSR count). The van der Waals surface area contributed by atoms with Gasteiger partial charge in [-0.15, -0.1) is 11.3 Å². The third kappa shape index (κ3) is 4.86.